The maximum Gasteiger partial charge on any atom is 0.222 e. The molecule has 0 saturated carbocycles. The van der Waals surface area contributed by atoms with E-state index in [1.807, 2.05) is 35.9 Å². The van der Waals surface area contributed by atoms with Crippen molar-refractivity contribution < 1.29 is 4.79 Å². The van der Waals surface area contributed by atoms with E-state index in [2.05, 4.69) is 22.2 Å². The highest BCUT2D eigenvalue weighted by Gasteiger charge is 2.25. The second kappa shape index (κ2) is 6.56. The molecular weight excluding hydrogens is 290 g/mol. The summed E-state index contributed by atoms with van der Waals surface area (Å²) in [6, 6.07) is 0. The minimum Gasteiger partial charge on any atom is -0.343 e. The molecule has 0 atom stereocenters. The lowest BCUT2D eigenvalue weighted by atomic mass is 9.89. The molecule has 23 heavy (non-hydrogen) atoms. The van der Waals surface area contributed by atoms with E-state index in [1.54, 1.807) is 0 Å². The molecule has 0 aromatic carbocycles. The second-order valence-electron chi connectivity index (χ2n) is 6.48. The van der Waals surface area contributed by atoms with Gasteiger partial charge in [-0.15, -0.1) is 0 Å². The van der Waals surface area contributed by atoms with Gasteiger partial charge in [-0.1, -0.05) is 0 Å². The van der Waals surface area contributed by atoms with Crippen molar-refractivity contribution in [1.29, 1.82) is 0 Å². The van der Waals surface area contributed by atoms with Crippen molar-refractivity contribution in [3.05, 3.63) is 34.9 Å². The van der Waals surface area contributed by atoms with Crippen LogP contribution < -0.4 is 0 Å². The molecule has 2 aromatic rings. The van der Waals surface area contributed by atoms with Crippen LogP contribution in [-0.4, -0.2) is 43.9 Å². The van der Waals surface area contributed by atoms with Crippen LogP contribution in [0.1, 0.15) is 47.7 Å². The highest BCUT2D eigenvalue weighted by molar-refractivity contribution is 5.76. The van der Waals surface area contributed by atoms with E-state index in [-0.39, 0.29) is 5.91 Å². The number of rotatable bonds is 4. The third-order valence-corrected chi connectivity index (χ3v) is 5.10. The van der Waals surface area contributed by atoms with Crippen LogP contribution in [0.4, 0.5) is 0 Å². The molecule has 1 saturated heterocycles. The molecule has 3 rings (SSSR count). The molecule has 1 aliphatic heterocycles. The lowest BCUT2D eigenvalue weighted by Gasteiger charge is -2.32. The summed E-state index contributed by atoms with van der Waals surface area (Å²) in [6.45, 7) is 5.81. The Morgan fingerprint density at radius 1 is 1.30 bits per heavy atom. The maximum atomic E-state index is 12.4. The van der Waals surface area contributed by atoms with Crippen molar-refractivity contribution in [2.75, 3.05) is 13.1 Å². The molecule has 1 amide bonds. The van der Waals surface area contributed by atoms with Crippen molar-refractivity contribution in [2.24, 2.45) is 7.05 Å². The van der Waals surface area contributed by atoms with Crippen LogP contribution in [0.5, 0.6) is 0 Å². The maximum absolute atomic E-state index is 12.4. The van der Waals surface area contributed by atoms with Crippen LogP contribution in [0.2, 0.25) is 0 Å². The number of aromatic nitrogens is 4. The van der Waals surface area contributed by atoms with Crippen LogP contribution >= 0.6 is 0 Å². The lowest BCUT2D eigenvalue weighted by Crippen LogP contribution is -2.38. The van der Waals surface area contributed by atoms with Crippen molar-refractivity contribution in [1.82, 2.24) is 24.9 Å². The number of aryl methyl sites for hydroxylation is 3. The topological polar surface area (TPSA) is 66.8 Å². The predicted octanol–water partition coefficient (Wildman–Crippen LogP) is 2.10. The van der Waals surface area contributed by atoms with Crippen molar-refractivity contribution in [3.63, 3.8) is 0 Å². The van der Waals surface area contributed by atoms with Gasteiger partial charge in [0.15, 0.2) is 0 Å². The van der Waals surface area contributed by atoms with Gasteiger partial charge in [0, 0.05) is 37.9 Å². The zero-order chi connectivity index (χ0) is 16.4. The Morgan fingerprint density at radius 3 is 2.61 bits per heavy atom. The van der Waals surface area contributed by atoms with Gasteiger partial charge in [0.2, 0.25) is 5.91 Å². The molecule has 6 nitrogen and oxygen atoms in total. The number of piperidine rings is 1. The van der Waals surface area contributed by atoms with Gasteiger partial charge in [0.05, 0.1) is 12.4 Å². The second-order valence-corrected chi connectivity index (χ2v) is 6.48. The SMILES string of the molecule is Cc1[nH]ncc1C1CCN(C(=O)CCc2cnn(C)c2C)CC1. The van der Waals surface area contributed by atoms with Crippen molar-refractivity contribution in [2.45, 2.75) is 45.4 Å². The molecule has 0 unspecified atom stereocenters. The Bertz CT molecular complexity index is 679. The molecule has 1 aliphatic rings. The highest BCUT2D eigenvalue weighted by atomic mass is 16.2. The first-order valence-corrected chi connectivity index (χ1v) is 8.31. The normalized spacial score (nSPS) is 16.0. The number of amides is 1. The number of carbonyl (C=O) groups excluding carboxylic acids is 1. The molecule has 124 valence electrons. The highest BCUT2D eigenvalue weighted by Crippen LogP contribution is 2.29. The summed E-state index contributed by atoms with van der Waals surface area (Å²) >= 11 is 0. The monoisotopic (exact) mass is 315 g/mol. The van der Waals surface area contributed by atoms with E-state index in [4.69, 9.17) is 0 Å². The van der Waals surface area contributed by atoms with Crippen LogP contribution in [0.15, 0.2) is 12.4 Å². The number of aromatic amines is 1. The number of nitrogens with one attached hydrogen (secondary N) is 1. The van der Waals surface area contributed by atoms with E-state index >= 15 is 0 Å². The molecule has 0 aliphatic carbocycles. The fourth-order valence-electron chi connectivity index (χ4n) is 3.40. The Kier molecular flexibility index (Phi) is 4.50. The average Bonchev–Trinajstić information content (AvgIpc) is 3.12. The van der Waals surface area contributed by atoms with Gasteiger partial charge in [-0.2, -0.15) is 10.2 Å². The Hall–Kier alpha value is -2.11. The smallest absolute Gasteiger partial charge is 0.222 e. The number of carbonyl (C=O) groups is 1. The van der Waals surface area contributed by atoms with Gasteiger partial charge < -0.3 is 4.90 Å². The van der Waals surface area contributed by atoms with E-state index in [0.717, 1.165) is 43.7 Å². The van der Waals surface area contributed by atoms with E-state index in [0.29, 0.717) is 12.3 Å². The standard InChI is InChI=1S/C17H25N5O/c1-12-16(11-18-20-12)14-6-8-22(9-7-14)17(23)5-4-15-10-19-21(3)13(15)2/h10-11,14H,4-9H2,1-3H3,(H,18,20). The summed E-state index contributed by atoms with van der Waals surface area (Å²) in [6.07, 6.45) is 7.20. The summed E-state index contributed by atoms with van der Waals surface area (Å²) in [5.74, 6) is 0.786. The Morgan fingerprint density at radius 2 is 2.04 bits per heavy atom. The zero-order valence-corrected chi connectivity index (χ0v) is 14.2. The minimum absolute atomic E-state index is 0.260. The van der Waals surface area contributed by atoms with Crippen LogP contribution in [0, 0.1) is 13.8 Å². The van der Waals surface area contributed by atoms with Crippen LogP contribution in [0.3, 0.4) is 0 Å². The van der Waals surface area contributed by atoms with Crippen LogP contribution in [0.25, 0.3) is 0 Å². The quantitative estimate of drug-likeness (QED) is 0.939. The fourth-order valence-corrected chi connectivity index (χ4v) is 3.40. The Labute approximate surface area is 136 Å². The Balaban J connectivity index is 1.50. The summed E-state index contributed by atoms with van der Waals surface area (Å²) in [7, 11) is 1.93. The summed E-state index contributed by atoms with van der Waals surface area (Å²) in [5.41, 5.74) is 4.78. The molecule has 0 spiro atoms. The number of hydrogen-bond acceptors (Lipinski definition) is 3. The molecule has 1 fully saturated rings. The fraction of sp³-hybridized carbons (Fsp3) is 0.588. The summed E-state index contributed by atoms with van der Waals surface area (Å²) in [5, 5.41) is 11.4. The predicted molar refractivity (Wildman–Crippen MR) is 88.1 cm³/mol. The van der Waals surface area contributed by atoms with Crippen molar-refractivity contribution in [3.8, 4) is 0 Å². The van der Waals surface area contributed by atoms with Gasteiger partial charge in [-0.3, -0.25) is 14.6 Å². The first-order valence-electron chi connectivity index (χ1n) is 8.31. The first kappa shape index (κ1) is 15.8. The molecule has 0 radical (unpaired) electrons. The van der Waals surface area contributed by atoms with Crippen molar-refractivity contribution >= 4 is 5.91 Å². The van der Waals surface area contributed by atoms with E-state index in [1.165, 1.54) is 11.1 Å². The molecule has 0 bridgehead atoms. The molecule has 3 heterocycles. The average molecular weight is 315 g/mol. The third-order valence-electron chi connectivity index (χ3n) is 5.10. The minimum atomic E-state index is 0.260. The first-order chi connectivity index (χ1) is 11.1. The summed E-state index contributed by atoms with van der Waals surface area (Å²) < 4.78 is 1.86. The lowest BCUT2D eigenvalue weighted by molar-refractivity contribution is -0.132. The zero-order valence-electron chi connectivity index (χ0n) is 14.2. The van der Waals surface area contributed by atoms with Gasteiger partial charge >= 0.3 is 0 Å². The van der Waals surface area contributed by atoms with Gasteiger partial charge in [0.25, 0.3) is 0 Å². The number of hydrogen-bond donors (Lipinski definition) is 1. The van der Waals surface area contributed by atoms with E-state index in [9.17, 15) is 4.79 Å². The molecular formula is C17H25N5O. The number of nitrogens with zero attached hydrogens (tertiary/aromatic N) is 4. The largest absolute Gasteiger partial charge is 0.343 e. The molecule has 2 aromatic heterocycles. The van der Waals surface area contributed by atoms with E-state index < -0.39 is 0 Å². The van der Waals surface area contributed by atoms with Gasteiger partial charge in [0.1, 0.15) is 0 Å². The van der Waals surface area contributed by atoms with Crippen LogP contribution in [-0.2, 0) is 18.3 Å². The van der Waals surface area contributed by atoms with Gasteiger partial charge in [-0.05, 0) is 50.2 Å². The van der Waals surface area contributed by atoms with Gasteiger partial charge in [-0.25, -0.2) is 0 Å². The third kappa shape index (κ3) is 3.30. The summed E-state index contributed by atoms with van der Waals surface area (Å²) in [4.78, 5) is 14.4. The molecule has 1 N–H and O–H groups in total. The number of likely N-dealkylation sites (tertiary alicyclic amines) is 1. The number of H-pyrrole nitrogens is 1. The molecule has 6 heteroatoms.